The average Bonchev–Trinajstić information content (AvgIpc) is 2.31. The SMILES string of the molecule is CCC(CC)C(N)Cc1ccccc1[N+](=O)[O-]. The van der Waals surface area contributed by atoms with Crippen LogP contribution in [0.1, 0.15) is 32.3 Å². The lowest BCUT2D eigenvalue weighted by Crippen LogP contribution is -2.31. The molecule has 0 aromatic heterocycles. The molecule has 0 saturated heterocycles. The zero-order valence-electron chi connectivity index (χ0n) is 10.4. The first-order chi connectivity index (χ1) is 8.10. The molecule has 0 bridgehead atoms. The molecule has 0 amide bonds. The van der Waals surface area contributed by atoms with Gasteiger partial charge in [0.25, 0.3) is 5.69 Å². The first kappa shape index (κ1) is 13.6. The number of rotatable bonds is 6. The smallest absolute Gasteiger partial charge is 0.272 e. The molecule has 4 heteroatoms. The van der Waals surface area contributed by atoms with Gasteiger partial charge in [0, 0.05) is 17.7 Å². The molecule has 94 valence electrons. The number of nitrogens with two attached hydrogens (primary N) is 1. The van der Waals surface area contributed by atoms with Gasteiger partial charge in [-0.3, -0.25) is 10.1 Å². The Hall–Kier alpha value is -1.42. The van der Waals surface area contributed by atoms with E-state index in [1.165, 1.54) is 6.07 Å². The maximum atomic E-state index is 10.9. The molecule has 0 spiro atoms. The highest BCUT2D eigenvalue weighted by Gasteiger charge is 2.19. The maximum absolute atomic E-state index is 10.9. The van der Waals surface area contributed by atoms with Gasteiger partial charge >= 0.3 is 0 Å². The molecule has 1 unspecified atom stereocenters. The summed E-state index contributed by atoms with van der Waals surface area (Å²) in [4.78, 5) is 10.5. The van der Waals surface area contributed by atoms with Crippen molar-refractivity contribution in [1.82, 2.24) is 0 Å². The largest absolute Gasteiger partial charge is 0.327 e. The number of nitrogens with zero attached hydrogens (tertiary/aromatic N) is 1. The molecule has 1 rings (SSSR count). The highest BCUT2D eigenvalue weighted by Crippen LogP contribution is 2.22. The van der Waals surface area contributed by atoms with E-state index in [9.17, 15) is 10.1 Å². The second kappa shape index (κ2) is 6.35. The first-order valence-corrected chi connectivity index (χ1v) is 6.08. The molecule has 0 aliphatic heterocycles. The van der Waals surface area contributed by atoms with Gasteiger partial charge in [0.05, 0.1) is 4.92 Å². The van der Waals surface area contributed by atoms with Crippen molar-refractivity contribution in [2.24, 2.45) is 11.7 Å². The lowest BCUT2D eigenvalue weighted by Gasteiger charge is -2.20. The fourth-order valence-corrected chi connectivity index (χ4v) is 2.18. The fraction of sp³-hybridized carbons (Fsp3) is 0.538. The van der Waals surface area contributed by atoms with E-state index in [1.807, 2.05) is 6.07 Å². The molecule has 0 aliphatic carbocycles. The Balaban J connectivity index is 2.84. The Morgan fingerprint density at radius 2 is 1.88 bits per heavy atom. The molecular weight excluding hydrogens is 216 g/mol. The summed E-state index contributed by atoms with van der Waals surface area (Å²) < 4.78 is 0. The van der Waals surface area contributed by atoms with E-state index in [0.717, 1.165) is 18.4 Å². The van der Waals surface area contributed by atoms with Gasteiger partial charge in [-0.15, -0.1) is 0 Å². The Bertz CT molecular complexity index is 375. The number of nitro benzene ring substituents is 1. The van der Waals surface area contributed by atoms with Gasteiger partial charge in [-0.05, 0) is 12.3 Å². The monoisotopic (exact) mass is 236 g/mol. The topological polar surface area (TPSA) is 69.2 Å². The van der Waals surface area contributed by atoms with Crippen LogP contribution in [-0.2, 0) is 6.42 Å². The summed E-state index contributed by atoms with van der Waals surface area (Å²) in [5.74, 6) is 0.426. The highest BCUT2D eigenvalue weighted by atomic mass is 16.6. The van der Waals surface area contributed by atoms with Crippen LogP contribution in [0.15, 0.2) is 24.3 Å². The van der Waals surface area contributed by atoms with Crippen LogP contribution in [0.4, 0.5) is 5.69 Å². The Morgan fingerprint density at radius 1 is 1.29 bits per heavy atom. The zero-order chi connectivity index (χ0) is 12.8. The molecule has 1 aromatic carbocycles. The van der Waals surface area contributed by atoms with Crippen molar-refractivity contribution in [3.05, 3.63) is 39.9 Å². The van der Waals surface area contributed by atoms with E-state index < -0.39 is 0 Å². The first-order valence-electron chi connectivity index (χ1n) is 6.08. The predicted molar refractivity (Wildman–Crippen MR) is 68.8 cm³/mol. The molecule has 2 N–H and O–H groups in total. The van der Waals surface area contributed by atoms with Crippen LogP contribution >= 0.6 is 0 Å². The van der Waals surface area contributed by atoms with Crippen LogP contribution in [0.25, 0.3) is 0 Å². The predicted octanol–water partition coefficient (Wildman–Crippen LogP) is 2.90. The minimum atomic E-state index is -0.338. The van der Waals surface area contributed by atoms with Crippen molar-refractivity contribution in [3.8, 4) is 0 Å². The molecule has 0 aliphatic rings. The van der Waals surface area contributed by atoms with Gasteiger partial charge in [-0.25, -0.2) is 0 Å². The van der Waals surface area contributed by atoms with Crippen LogP contribution in [0.5, 0.6) is 0 Å². The van der Waals surface area contributed by atoms with Crippen molar-refractivity contribution < 1.29 is 4.92 Å². The van der Waals surface area contributed by atoms with Crippen molar-refractivity contribution >= 4 is 5.69 Å². The number of hydrogen-bond donors (Lipinski definition) is 1. The third kappa shape index (κ3) is 3.53. The minimum Gasteiger partial charge on any atom is -0.327 e. The molecule has 1 atom stereocenters. The van der Waals surface area contributed by atoms with Gasteiger partial charge in [0.15, 0.2) is 0 Å². The van der Waals surface area contributed by atoms with E-state index in [0.29, 0.717) is 12.3 Å². The number of para-hydroxylation sites is 1. The third-order valence-electron chi connectivity index (χ3n) is 3.30. The highest BCUT2D eigenvalue weighted by molar-refractivity contribution is 5.40. The second-order valence-electron chi connectivity index (χ2n) is 4.33. The molecule has 0 saturated carbocycles. The van der Waals surface area contributed by atoms with Crippen LogP contribution in [0, 0.1) is 16.0 Å². The summed E-state index contributed by atoms with van der Waals surface area (Å²) in [6, 6.07) is 6.83. The third-order valence-corrected chi connectivity index (χ3v) is 3.30. The van der Waals surface area contributed by atoms with E-state index in [-0.39, 0.29) is 16.7 Å². The van der Waals surface area contributed by atoms with Crippen LogP contribution in [0.3, 0.4) is 0 Å². The summed E-state index contributed by atoms with van der Waals surface area (Å²) in [5.41, 5.74) is 7.03. The number of hydrogen-bond acceptors (Lipinski definition) is 3. The maximum Gasteiger partial charge on any atom is 0.272 e. The van der Waals surface area contributed by atoms with Gasteiger partial charge in [-0.2, -0.15) is 0 Å². The summed E-state index contributed by atoms with van der Waals surface area (Å²) >= 11 is 0. The second-order valence-corrected chi connectivity index (χ2v) is 4.33. The summed E-state index contributed by atoms with van der Waals surface area (Å²) in [6.45, 7) is 4.21. The van der Waals surface area contributed by atoms with Crippen molar-refractivity contribution in [1.29, 1.82) is 0 Å². The molecular formula is C13H20N2O2. The van der Waals surface area contributed by atoms with Crippen molar-refractivity contribution in [2.75, 3.05) is 0 Å². The summed E-state index contributed by atoms with van der Waals surface area (Å²) in [5, 5.41) is 10.9. The lowest BCUT2D eigenvalue weighted by molar-refractivity contribution is -0.385. The van der Waals surface area contributed by atoms with Gasteiger partial charge < -0.3 is 5.73 Å². The summed E-state index contributed by atoms with van der Waals surface area (Å²) in [7, 11) is 0. The fourth-order valence-electron chi connectivity index (χ4n) is 2.18. The van der Waals surface area contributed by atoms with Crippen LogP contribution < -0.4 is 5.73 Å². The Kier molecular flexibility index (Phi) is 5.10. The number of nitro groups is 1. The van der Waals surface area contributed by atoms with E-state index >= 15 is 0 Å². The Morgan fingerprint density at radius 3 is 2.41 bits per heavy atom. The van der Waals surface area contributed by atoms with E-state index in [1.54, 1.807) is 12.1 Å². The van der Waals surface area contributed by atoms with Gasteiger partial charge in [0.1, 0.15) is 0 Å². The molecule has 17 heavy (non-hydrogen) atoms. The zero-order valence-corrected chi connectivity index (χ0v) is 10.4. The van der Waals surface area contributed by atoms with E-state index in [2.05, 4.69) is 13.8 Å². The number of benzene rings is 1. The van der Waals surface area contributed by atoms with Gasteiger partial charge in [0.2, 0.25) is 0 Å². The standard InChI is InChI=1S/C13H20N2O2/c1-3-10(4-2)12(14)9-11-7-5-6-8-13(11)15(16)17/h5-8,10,12H,3-4,9,14H2,1-2H3. The van der Waals surface area contributed by atoms with Crippen LogP contribution in [-0.4, -0.2) is 11.0 Å². The van der Waals surface area contributed by atoms with Gasteiger partial charge in [-0.1, -0.05) is 44.9 Å². The summed E-state index contributed by atoms with van der Waals surface area (Å²) in [6.07, 6.45) is 2.60. The van der Waals surface area contributed by atoms with Crippen LogP contribution in [0.2, 0.25) is 0 Å². The molecule has 0 fully saturated rings. The molecule has 4 nitrogen and oxygen atoms in total. The lowest BCUT2D eigenvalue weighted by atomic mass is 9.90. The molecule has 1 aromatic rings. The van der Waals surface area contributed by atoms with Crippen molar-refractivity contribution in [2.45, 2.75) is 39.2 Å². The Labute approximate surface area is 102 Å². The normalized spacial score (nSPS) is 12.7. The quantitative estimate of drug-likeness (QED) is 0.610. The minimum absolute atomic E-state index is 0.00824. The van der Waals surface area contributed by atoms with Crippen molar-refractivity contribution in [3.63, 3.8) is 0 Å². The molecule has 0 radical (unpaired) electrons. The van der Waals surface area contributed by atoms with E-state index in [4.69, 9.17) is 5.73 Å². The average molecular weight is 236 g/mol. The molecule has 0 heterocycles.